The highest BCUT2D eigenvalue weighted by Crippen LogP contribution is 2.48. The van der Waals surface area contributed by atoms with Crippen LogP contribution in [0, 0.1) is 17.8 Å². The lowest BCUT2D eigenvalue weighted by atomic mass is 9.74. The molecule has 176 valence electrons. The van der Waals surface area contributed by atoms with Gasteiger partial charge in [-0.1, -0.05) is 48.5 Å². The number of nitrogens with zero attached hydrogens (tertiary/aromatic N) is 1. The third kappa shape index (κ3) is 3.37. The maximum Gasteiger partial charge on any atom is 0.407 e. The summed E-state index contributed by atoms with van der Waals surface area (Å²) in [7, 11) is 0. The van der Waals surface area contributed by atoms with Crippen molar-refractivity contribution in [2.24, 2.45) is 17.8 Å². The molecule has 34 heavy (non-hydrogen) atoms. The first-order chi connectivity index (χ1) is 16.5. The van der Waals surface area contributed by atoms with Crippen LogP contribution in [0.15, 0.2) is 48.5 Å². The van der Waals surface area contributed by atoms with Crippen molar-refractivity contribution in [2.45, 2.75) is 43.7 Å². The first-order valence-electron chi connectivity index (χ1n) is 12.2. The van der Waals surface area contributed by atoms with Crippen molar-refractivity contribution < 1.29 is 24.2 Å². The highest BCUT2D eigenvalue weighted by molar-refractivity contribution is 5.83. The molecule has 7 nitrogen and oxygen atoms in total. The van der Waals surface area contributed by atoms with Crippen LogP contribution in [-0.4, -0.2) is 53.2 Å². The van der Waals surface area contributed by atoms with E-state index in [4.69, 9.17) is 4.74 Å². The number of carboxylic acids is 1. The number of fused-ring (bicyclic) bond motifs is 4. The predicted molar refractivity (Wildman–Crippen MR) is 124 cm³/mol. The molecule has 5 aliphatic rings. The van der Waals surface area contributed by atoms with Gasteiger partial charge in [-0.3, -0.25) is 9.59 Å². The number of benzene rings is 2. The summed E-state index contributed by atoms with van der Waals surface area (Å²) in [5.74, 6) is -1.19. The van der Waals surface area contributed by atoms with Gasteiger partial charge in [0, 0.05) is 30.5 Å². The molecule has 2 heterocycles. The number of alkyl carbamates (subject to hydrolysis) is 1. The van der Waals surface area contributed by atoms with Crippen LogP contribution in [0.2, 0.25) is 0 Å². The first kappa shape index (κ1) is 21.2. The fraction of sp³-hybridized carbons (Fsp3) is 0.444. The van der Waals surface area contributed by atoms with Gasteiger partial charge in [-0.2, -0.15) is 0 Å². The molecule has 2 aliphatic heterocycles. The van der Waals surface area contributed by atoms with E-state index in [0.717, 1.165) is 12.8 Å². The lowest BCUT2D eigenvalue weighted by Gasteiger charge is -2.33. The number of carbonyl (C=O) groups excluding carboxylic acids is 2. The summed E-state index contributed by atoms with van der Waals surface area (Å²) in [5, 5.41) is 12.3. The molecule has 4 fully saturated rings. The van der Waals surface area contributed by atoms with Crippen molar-refractivity contribution in [1.29, 1.82) is 0 Å². The summed E-state index contributed by atoms with van der Waals surface area (Å²) in [6.07, 6.45) is 2.36. The lowest BCUT2D eigenvalue weighted by molar-refractivity contribution is -0.148. The molecule has 5 unspecified atom stereocenters. The van der Waals surface area contributed by atoms with Gasteiger partial charge in [0.05, 0.1) is 5.92 Å². The van der Waals surface area contributed by atoms with Gasteiger partial charge in [0.25, 0.3) is 0 Å². The second kappa shape index (κ2) is 8.15. The fourth-order valence-corrected chi connectivity index (χ4v) is 6.62. The Morgan fingerprint density at radius 3 is 2.29 bits per heavy atom. The number of hydrogen-bond acceptors (Lipinski definition) is 4. The zero-order chi connectivity index (χ0) is 23.4. The van der Waals surface area contributed by atoms with Crippen LogP contribution in [0.3, 0.4) is 0 Å². The quantitative estimate of drug-likeness (QED) is 0.711. The second-order valence-corrected chi connectivity index (χ2v) is 10.1. The van der Waals surface area contributed by atoms with E-state index < -0.39 is 18.0 Å². The molecule has 7 rings (SSSR count). The number of rotatable bonds is 5. The Labute approximate surface area is 198 Å². The average Bonchev–Trinajstić information content (AvgIpc) is 3.59. The molecule has 7 heteroatoms. The van der Waals surface area contributed by atoms with Gasteiger partial charge < -0.3 is 20.1 Å². The highest BCUT2D eigenvalue weighted by Gasteiger charge is 2.57. The van der Waals surface area contributed by atoms with E-state index in [1.54, 1.807) is 4.90 Å². The number of nitrogens with one attached hydrogen (secondary N) is 1. The van der Waals surface area contributed by atoms with Crippen molar-refractivity contribution in [3.05, 3.63) is 59.7 Å². The van der Waals surface area contributed by atoms with E-state index in [2.05, 4.69) is 29.6 Å². The first-order valence-corrected chi connectivity index (χ1v) is 12.2. The van der Waals surface area contributed by atoms with Crippen molar-refractivity contribution in [2.75, 3.05) is 13.2 Å². The number of carboxylic acid groups (broad SMARTS) is 1. The Kier molecular flexibility index (Phi) is 5.08. The molecule has 2 aromatic carbocycles. The van der Waals surface area contributed by atoms with Gasteiger partial charge in [-0.25, -0.2) is 4.79 Å². The predicted octanol–water partition coefficient (Wildman–Crippen LogP) is 3.63. The zero-order valence-corrected chi connectivity index (χ0v) is 18.9. The fourth-order valence-electron chi connectivity index (χ4n) is 6.62. The topological polar surface area (TPSA) is 95.9 Å². The van der Waals surface area contributed by atoms with Crippen LogP contribution in [0.5, 0.6) is 0 Å². The summed E-state index contributed by atoms with van der Waals surface area (Å²) in [4.78, 5) is 38.8. The summed E-state index contributed by atoms with van der Waals surface area (Å²) < 4.78 is 5.65. The van der Waals surface area contributed by atoms with Crippen molar-refractivity contribution >= 4 is 18.0 Å². The SMILES string of the molecule is O=C(NC1CCC(C(=O)N2CC3CC2C3C(=O)O)C1)OCC1c2ccccc2-c2ccccc21. The third-order valence-electron chi connectivity index (χ3n) is 8.31. The average molecular weight is 461 g/mol. The molecule has 2 amide bonds. The molecule has 0 spiro atoms. The molecule has 0 radical (unpaired) electrons. The van der Waals surface area contributed by atoms with Gasteiger partial charge in [0.2, 0.25) is 5.91 Å². The monoisotopic (exact) mass is 460 g/mol. The lowest BCUT2D eigenvalue weighted by Crippen LogP contribution is -2.46. The van der Waals surface area contributed by atoms with Crippen LogP contribution in [0.1, 0.15) is 42.7 Å². The van der Waals surface area contributed by atoms with Crippen molar-refractivity contribution in [3.63, 3.8) is 0 Å². The number of amides is 2. The van der Waals surface area contributed by atoms with E-state index in [9.17, 15) is 19.5 Å². The summed E-state index contributed by atoms with van der Waals surface area (Å²) in [6, 6.07) is 16.2. The van der Waals surface area contributed by atoms with E-state index in [-0.39, 0.29) is 42.4 Å². The smallest absolute Gasteiger partial charge is 0.407 e. The molecule has 3 aliphatic carbocycles. The molecule has 0 aromatic heterocycles. The molecule has 2 N–H and O–H groups in total. The van der Waals surface area contributed by atoms with Crippen LogP contribution in [0.4, 0.5) is 4.79 Å². The Hall–Kier alpha value is -3.35. The minimum Gasteiger partial charge on any atom is -0.481 e. The minimum absolute atomic E-state index is 0.0138. The van der Waals surface area contributed by atoms with E-state index >= 15 is 0 Å². The van der Waals surface area contributed by atoms with Crippen LogP contribution < -0.4 is 5.32 Å². The molecular weight excluding hydrogens is 432 g/mol. The van der Waals surface area contributed by atoms with Crippen LogP contribution in [-0.2, 0) is 14.3 Å². The molecular formula is C27H28N2O5. The van der Waals surface area contributed by atoms with Gasteiger partial charge in [-0.05, 0) is 53.9 Å². The number of carbonyl (C=O) groups is 3. The Morgan fingerprint density at radius 2 is 1.65 bits per heavy atom. The summed E-state index contributed by atoms with van der Waals surface area (Å²) in [6.45, 7) is 0.823. The Bertz CT molecular complexity index is 1120. The second-order valence-electron chi connectivity index (χ2n) is 10.1. The third-order valence-corrected chi connectivity index (χ3v) is 8.31. The molecule has 2 bridgehead atoms. The molecule has 2 saturated heterocycles. The van der Waals surface area contributed by atoms with Gasteiger partial charge in [0.1, 0.15) is 6.61 Å². The van der Waals surface area contributed by atoms with E-state index in [1.165, 1.54) is 22.3 Å². The molecule has 2 saturated carbocycles. The van der Waals surface area contributed by atoms with Crippen molar-refractivity contribution in [3.8, 4) is 11.1 Å². The number of ether oxygens (including phenoxy) is 1. The van der Waals surface area contributed by atoms with Crippen molar-refractivity contribution in [1.82, 2.24) is 10.2 Å². The summed E-state index contributed by atoms with van der Waals surface area (Å²) in [5.41, 5.74) is 4.72. The van der Waals surface area contributed by atoms with E-state index in [0.29, 0.717) is 19.4 Å². The maximum atomic E-state index is 13.0. The largest absolute Gasteiger partial charge is 0.481 e. The normalized spacial score (nSPS) is 28.7. The molecule has 2 aromatic rings. The Balaban J connectivity index is 1.03. The highest BCUT2D eigenvalue weighted by atomic mass is 16.5. The van der Waals surface area contributed by atoms with E-state index in [1.807, 2.05) is 24.3 Å². The minimum atomic E-state index is -0.794. The van der Waals surface area contributed by atoms with Gasteiger partial charge >= 0.3 is 12.1 Å². The number of hydrogen-bond donors (Lipinski definition) is 2. The zero-order valence-electron chi connectivity index (χ0n) is 18.9. The number of aliphatic carboxylic acids is 1. The maximum absolute atomic E-state index is 13.0. The van der Waals surface area contributed by atoms with Gasteiger partial charge in [-0.15, -0.1) is 0 Å². The van der Waals surface area contributed by atoms with Crippen LogP contribution >= 0.6 is 0 Å². The van der Waals surface area contributed by atoms with Crippen LogP contribution in [0.25, 0.3) is 11.1 Å². The summed E-state index contributed by atoms with van der Waals surface area (Å²) >= 11 is 0. The standard InChI is InChI=1S/C27H28N2O5/c30-25(29-13-16-12-23(29)24(16)26(31)32)15-9-10-17(11-15)28-27(33)34-14-22-20-7-3-1-5-18(20)19-6-2-4-8-21(19)22/h1-8,15-17,22-24H,9-14H2,(H,28,33)(H,31,32). The molecule has 5 atom stereocenters. The Morgan fingerprint density at radius 1 is 0.971 bits per heavy atom. The van der Waals surface area contributed by atoms with Gasteiger partial charge in [0.15, 0.2) is 0 Å².